The number of hydrogen-bond acceptors (Lipinski definition) is 2. The normalized spacial score (nSPS) is 42.6. The van der Waals surface area contributed by atoms with Crippen molar-refractivity contribution >= 4 is 0 Å². The van der Waals surface area contributed by atoms with Gasteiger partial charge in [0, 0.05) is 12.6 Å². The van der Waals surface area contributed by atoms with Crippen LogP contribution in [0.15, 0.2) is 0 Å². The van der Waals surface area contributed by atoms with Crippen LogP contribution in [-0.2, 0) is 0 Å². The van der Waals surface area contributed by atoms with Crippen molar-refractivity contribution in [3.05, 3.63) is 0 Å². The van der Waals surface area contributed by atoms with Crippen molar-refractivity contribution in [3.63, 3.8) is 0 Å². The maximum absolute atomic E-state index is 3.31. The summed E-state index contributed by atoms with van der Waals surface area (Å²) in [6, 6.07) is 0.891. The van der Waals surface area contributed by atoms with Crippen LogP contribution in [0, 0.1) is 17.8 Å². The summed E-state index contributed by atoms with van der Waals surface area (Å²) in [5.41, 5.74) is 0. The first-order valence-electron chi connectivity index (χ1n) is 6.61. The average molecular weight is 210 g/mol. The van der Waals surface area contributed by atoms with E-state index in [0.29, 0.717) is 0 Å². The Kier molecular flexibility index (Phi) is 3.68. The summed E-state index contributed by atoms with van der Waals surface area (Å²) in [6.07, 6.45) is 4.28. The molecule has 0 bridgehead atoms. The molecule has 4 unspecified atom stereocenters. The van der Waals surface area contributed by atoms with Crippen LogP contribution in [-0.4, -0.2) is 37.6 Å². The average Bonchev–Trinajstić information content (AvgIpc) is 2.77. The Labute approximate surface area is 94.4 Å². The summed E-state index contributed by atoms with van der Waals surface area (Å²) in [7, 11) is 2.07. The molecule has 0 spiro atoms. The summed E-state index contributed by atoms with van der Waals surface area (Å²) in [6.45, 7) is 8.75. The highest BCUT2D eigenvalue weighted by atomic mass is 15.2. The minimum atomic E-state index is 0.891. The first-order valence-corrected chi connectivity index (χ1v) is 6.61. The molecule has 1 heterocycles. The van der Waals surface area contributed by atoms with Gasteiger partial charge in [0.25, 0.3) is 0 Å². The van der Waals surface area contributed by atoms with Crippen LogP contribution in [0.25, 0.3) is 0 Å². The highest BCUT2D eigenvalue weighted by Gasteiger charge is 2.36. The fraction of sp³-hybridized carbons (Fsp3) is 1.00. The van der Waals surface area contributed by atoms with Crippen LogP contribution >= 0.6 is 0 Å². The van der Waals surface area contributed by atoms with Gasteiger partial charge in [-0.3, -0.25) is 4.90 Å². The Hall–Kier alpha value is -0.0800. The molecule has 1 aliphatic heterocycles. The smallest absolute Gasteiger partial charge is 0.0124 e. The van der Waals surface area contributed by atoms with Gasteiger partial charge in [0.05, 0.1) is 0 Å². The molecule has 0 amide bonds. The number of nitrogens with zero attached hydrogens (tertiary/aromatic N) is 1. The number of nitrogens with one attached hydrogen (secondary N) is 1. The molecule has 1 saturated carbocycles. The lowest BCUT2D eigenvalue weighted by atomic mass is 9.97. The molecule has 15 heavy (non-hydrogen) atoms. The van der Waals surface area contributed by atoms with Gasteiger partial charge in [0.1, 0.15) is 0 Å². The van der Waals surface area contributed by atoms with Gasteiger partial charge in [0.2, 0.25) is 0 Å². The molecule has 4 atom stereocenters. The highest BCUT2D eigenvalue weighted by Crippen LogP contribution is 2.36. The Morgan fingerprint density at radius 3 is 2.60 bits per heavy atom. The minimum Gasteiger partial charge on any atom is -0.319 e. The molecular formula is C13H26N2. The third kappa shape index (κ3) is 2.36. The zero-order valence-electron chi connectivity index (χ0n) is 10.5. The van der Waals surface area contributed by atoms with E-state index in [9.17, 15) is 0 Å². The van der Waals surface area contributed by atoms with Crippen molar-refractivity contribution in [3.8, 4) is 0 Å². The summed E-state index contributed by atoms with van der Waals surface area (Å²) in [5, 5.41) is 3.31. The quantitative estimate of drug-likeness (QED) is 0.766. The van der Waals surface area contributed by atoms with Crippen molar-refractivity contribution in [2.24, 2.45) is 17.8 Å². The van der Waals surface area contributed by atoms with E-state index in [1.165, 1.54) is 38.9 Å². The first kappa shape index (κ1) is 11.4. The van der Waals surface area contributed by atoms with E-state index in [2.05, 4.69) is 31.1 Å². The molecule has 88 valence electrons. The predicted molar refractivity (Wildman–Crippen MR) is 65.0 cm³/mol. The summed E-state index contributed by atoms with van der Waals surface area (Å²) >= 11 is 0. The van der Waals surface area contributed by atoms with E-state index in [-0.39, 0.29) is 0 Å². The van der Waals surface area contributed by atoms with Gasteiger partial charge in [-0.1, -0.05) is 13.8 Å². The molecule has 2 heteroatoms. The summed E-state index contributed by atoms with van der Waals surface area (Å²) in [5.74, 6) is 2.76. The molecule has 0 aromatic rings. The second-order valence-corrected chi connectivity index (χ2v) is 5.69. The van der Waals surface area contributed by atoms with Gasteiger partial charge in [-0.05, 0) is 57.2 Å². The van der Waals surface area contributed by atoms with Crippen molar-refractivity contribution in [2.45, 2.75) is 39.2 Å². The maximum atomic E-state index is 3.31. The monoisotopic (exact) mass is 210 g/mol. The zero-order valence-corrected chi connectivity index (χ0v) is 10.5. The Balaban J connectivity index is 1.85. The number of hydrogen-bond donors (Lipinski definition) is 1. The van der Waals surface area contributed by atoms with Gasteiger partial charge in [-0.2, -0.15) is 0 Å². The van der Waals surface area contributed by atoms with Crippen LogP contribution in [0.2, 0.25) is 0 Å². The summed E-state index contributed by atoms with van der Waals surface area (Å²) in [4.78, 5) is 2.76. The molecule has 2 fully saturated rings. The summed E-state index contributed by atoms with van der Waals surface area (Å²) < 4.78 is 0. The third-order valence-corrected chi connectivity index (χ3v) is 4.70. The number of rotatable bonds is 3. The molecule has 0 aromatic carbocycles. The molecule has 1 N–H and O–H groups in total. The lowest BCUT2D eigenvalue weighted by molar-refractivity contribution is 0.186. The lowest BCUT2D eigenvalue weighted by Gasteiger charge is -2.28. The molecule has 2 rings (SSSR count). The largest absolute Gasteiger partial charge is 0.319 e. The third-order valence-electron chi connectivity index (χ3n) is 4.70. The lowest BCUT2D eigenvalue weighted by Crippen LogP contribution is -2.36. The van der Waals surface area contributed by atoms with Gasteiger partial charge in [0.15, 0.2) is 0 Å². The van der Waals surface area contributed by atoms with Crippen LogP contribution in [0.1, 0.15) is 33.1 Å². The Morgan fingerprint density at radius 2 is 2.00 bits per heavy atom. The molecule has 0 radical (unpaired) electrons. The van der Waals surface area contributed by atoms with Crippen molar-refractivity contribution < 1.29 is 0 Å². The zero-order chi connectivity index (χ0) is 10.8. The molecule has 1 saturated heterocycles. The van der Waals surface area contributed by atoms with Crippen molar-refractivity contribution in [2.75, 3.05) is 26.7 Å². The van der Waals surface area contributed by atoms with E-state index in [0.717, 1.165) is 23.8 Å². The fourth-order valence-electron chi connectivity index (χ4n) is 3.47. The second-order valence-electron chi connectivity index (χ2n) is 5.69. The fourth-order valence-corrected chi connectivity index (χ4v) is 3.47. The van der Waals surface area contributed by atoms with E-state index < -0.39 is 0 Å². The van der Waals surface area contributed by atoms with Crippen LogP contribution in [0.3, 0.4) is 0 Å². The van der Waals surface area contributed by atoms with E-state index in [1.807, 2.05) is 0 Å². The molecule has 0 aromatic heterocycles. The van der Waals surface area contributed by atoms with Crippen LogP contribution < -0.4 is 5.32 Å². The van der Waals surface area contributed by atoms with Gasteiger partial charge in [-0.15, -0.1) is 0 Å². The minimum absolute atomic E-state index is 0.891. The van der Waals surface area contributed by atoms with Gasteiger partial charge >= 0.3 is 0 Å². The van der Waals surface area contributed by atoms with E-state index in [1.54, 1.807) is 0 Å². The van der Waals surface area contributed by atoms with Crippen molar-refractivity contribution in [1.82, 2.24) is 10.2 Å². The van der Waals surface area contributed by atoms with E-state index >= 15 is 0 Å². The van der Waals surface area contributed by atoms with Gasteiger partial charge in [-0.25, -0.2) is 0 Å². The predicted octanol–water partition coefficient (Wildman–Crippen LogP) is 1.96. The molecule has 2 nitrogen and oxygen atoms in total. The van der Waals surface area contributed by atoms with E-state index in [4.69, 9.17) is 0 Å². The number of likely N-dealkylation sites (tertiary alicyclic amines) is 1. The maximum Gasteiger partial charge on any atom is 0.0124 e. The van der Waals surface area contributed by atoms with Crippen LogP contribution in [0.4, 0.5) is 0 Å². The molecular weight excluding hydrogens is 184 g/mol. The highest BCUT2D eigenvalue weighted by molar-refractivity contribution is 4.90. The van der Waals surface area contributed by atoms with Crippen molar-refractivity contribution in [1.29, 1.82) is 0 Å². The standard InChI is InChI=1S/C13H26N2/c1-10-4-5-13(11(10)2)15-7-6-12(9-15)8-14-3/h10-14H,4-9H2,1-3H3. The first-order chi connectivity index (χ1) is 7.22. The molecule has 1 aliphatic carbocycles. The van der Waals surface area contributed by atoms with Gasteiger partial charge < -0.3 is 5.32 Å². The second kappa shape index (κ2) is 4.84. The topological polar surface area (TPSA) is 15.3 Å². The SMILES string of the molecule is CNCC1CCN(C2CCC(C)C2C)C1. The Morgan fingerprint density at radius 1 is 1.20 bits per heavy atom. The van der Waals surface area contributed by atoms with Crippen LogP contribution in [0.5, 0.6) is 0 Å². The molecule has 2 aliphatic rings. The Bertz CT molecular complexity index is 205.